The van der Waals surface area contributed by atoms with Crippen LogP contribution in [0.1, 0.15) is 34.2 Å². The van der Waals surface area contributed by atoms with Crippen LogP contribution < -0.4 is 5.32 Å². The normalized spacial score (nSPS) is 19.5. The first kappa shape index (κ1) is 14.8. The molecule has 6 heteroatoms. The van der Waals surface area contributed by atoms with Crippen LogP contribution >= 0.6 is 0 Å². The Morgan fingerprint density at radius 2 is 1.95 bits per heavy atom. The van der Waals surface area contributed by atoms with Crippen molar-refractivity contribution in [3.05, 3.63) is 53.3 Å². The van der Waals surface area contributed by atoms with Crippen LogP contribution in [0, 0.1) is 6.92 Å². The largest absolute Gasteiger partial charge is 0.344 e. The van der Waals surface area contributed by atoms with E-state index in [0.717, 1.165) is 5.69 Å². The Morgan fingerprint density at radius 1 is 1.23 bits per heavy atom. The van der Waals surface area contributed by atoms with E-state index < -0.39 is 9.84 Å². The van der Waals surface area contributed by atoms with E-state index in [2.05, 4.69) is 5.32 Å². The minimum absolute atomic E-state index is 0.0567. The van der Waals surface area contributed by atoms with E-state index in [9.17, 15) is 13.2 Å². The third-order valence-electron chi connectivity index (χ3n) is 4.22. The average Bonchev–Trinajstić information content (AvgIpc) is 2.82. The number of nitrogens with one attached hydrogen (secondary N) is 1. The molecule has 2 aromatic rings. The summed E-state index contributed by atoms with van der Waals surface area (Å²) in [4.78, 5) is 12.8. The maximum atomic E-state index is 12.4. The molecule has 116 valence electrons. The molecule has 1 aromatic carbocycles. The topological polar surface area (TPSA) is 68.2 Å². The van der Waals surface area contributed by atoms with Crippen LogP contribution in [0.5, 0.6) is 0 Å². The number of hydrogen-bond donors (Lipinski definition) is 1. The lowest BCUT2D eigenvalue weighted by molar-refractivity contribution is 0.0926. The van der Waals surface area contributed by atoms with Gasteiger partial charge in [-0.3, -0.25) is 4.79 Å². The predicted octanol–water partition coefficient (Wildman–Crippen LogP) is 1.98. The predicted molar refractivity (Wildman–Crippen MR) is 83.5 cm³/mol. The van der Waals surface area contributed by atoms with Crippen LogP contribution in [-0.2, 0) is 16.9 Å². The highest BCUT2D eigenvalue weighted by atomic mass is 32.2. The summed E-state index contributed by atoms with van der Waals surface area (Å²) in [5.41, 5.74) is 2.24. The Bertz CT molecular complexity index is 837. The van der Waals surface area contributed by atoms with Gasteiger partial charge in [-0.1, -0.05) is 18.2 Å². The summed E-state index contributed by atoms with van der Waals surface area (Å²) in [6.07, 6.45) is 0.397. The van der Waals surface area contributed by atoms with Crippen molar-refractivity contribution in [1.29, 1.82) is 0 Å². The molecule has 0 fully saturated rings. The number of carbonyl (C=O) groups excluding carboxylic acids is 1. The highest BCUT2D eigenvalue weighted by Crippen LogP contribution is 2.32. The van der Waals surface area contributed by atoms with Crippen molar-refractivity contribution < 1.29 is 13.2 Å². The van der Waals surface area contributed by atoms with Crippen molar-refractivity contribution in [3.63, 3.8) is 0 Å². The van der Waals surface area contributed by atoms with Gasteiger partial charge in [-0.15, -0.1) is 0 Å². The lowest BCUT2D eigenvalue weighted by atomic mass is 10.0. The molecule has 1 aliphatic rings. The quantitative estimate of drug-likeness (QED) is 0.920. The van der Waals surface area contributed by atoms with Gasteiger partial charge >= 0.3 is 0 Å². The van der Waals surface area contributed by atoms with Gasteiger partial charge in [0.15, 0.2) is 9.84 Å². The summed E-state index contributed by atoms with van der Waals surface area (Å²) in [6, 6.07) is 10.3. The maximum Gasteiger partial charge on any atom is 0.268 e. The molecule has 0 aliphatic carbocycles. The van der Waals surface area contributed by atoms with E-state index in [1.54, 1.807) is 30.3 Å². The third kappa shape index (κ3) is 2.43. The van der Waals surface area contributed by atoms with Crippen molar-refractivity contribution in [2.45, 2.75) is 24.3 Å². The molecular weight excluding hydrogens is 300 g/mol. The Hall–Kier alpha value is -2.08. The van der Waals surface area contributed by atoms with Gasteiger partial charge < -0.3 is 9.88 Å². The fraction of sp³-hybridized carbons (Fsp3) is 0.312. The molecule has 22 heavy (non-hydrogen) atoms. The second kappa shape index (κ2) is 5.28. The molecule has 1 amide bonds. The summed E-state index contributed by atoms with van der Waals surface area (Å²) < 4.78 is 26.1. The van der Waals surface area contributed by atoms with Crippen LogP contribution in [0.25, 0.3) is 0 Å². The third-order valence-corrected chi connectivity index (χ3v) is 6.03. The molecule has 1 N–H and O–H groups in total. The second-order valence-electron chi connectivity index (χ2n) is 5.59. The first-order chi connectivity index (χ1) is 10.4. The SMILES string of the molecule is Cc1ccc(C(=O)NC2CCS(=O)(=O)c3ccccc32)n1C. The molecule has 0 saturated heterocycles. The number of sulfone groups is 1. The lowest BCUT2D eigenvalue weighted by Gasteiger charge is -2.26. The molecule has 2 heterocycles. The minimum Gasteiger partial charge on any atom is -0.344 e. The molecule has 0 spiro atoms. The van der Waals surface area contributed by atoms with Crippen molar-refractivity contribution in [2.75, 3.05) is 5.75 Å². The van der Waals surface area contributed by atoms with Gasteiger partial charge in [-0.2, -0.15) is 0 Å². The van der Waals surface area contributed by atoms with Gasteiger partial charge in [0.1, 0.15) is 5.69 Å². The summed E-state index contributed by atoms with van der Waals surface area (Å²) in [5.74, 6) is -0.129. The average molecular weight is 318 g/mol. The standard InChI is InChI=1S/C16H18N2O3S/c1-11-7-8-14(18(11)2)16(19)17-13-9-10-22(20,21)15-6-4-3-5-12(13)15/h3-8,13H,9-10H2,1-2H3,(H,17,19). The van der Waals surface area contributed by atoms with E-state index in [-0.39, 0.29) is 17.7 Å². The number of fused-ring (bicyclic) bond motifs is 1. The molecule has 0 bridgehead atoms. The number of hydrogen-bond acceptors (Lipinski definition) is 3. The van der Waals surface area contributed by atoms with Crippen molar-refractivity contribution in [3.8, 4) is 0 Å². The first-order valence-corrected chi connectivity index (χ1v) is 8.80. The molecule has 1 aliphatic heterocycles. The second-order valence-corrected chi connectivity index (χ2v) is 7.67. The smallest absolute Gasteiger partial charge is 0.268 e. The van der Waals surface area contributed by atoms with E-state index in [0.29, 0.717) is 22.6 Å². The molecule has 1 atom stereocenters. The highest BCUT2D eigenvalue weighted by molar-refractivity contribution is 7.91. The fourth-order valence-corrected chi connectivity index (χ4v) is 4.43. The monoisotopic (exact) mass is 318 g/mol. The van der Waals surface area contributed by atoms with Gasteiger partial charge in [-0.25, -0.2) is 8.42 Å². The fourth-order valence-electron chi connectivity index (χ4n) is 2.81. The van der Waals surface area contributed by atoms with E-state index >= 15 is 0 Å². The van der Waals surface area contributed by atoms with Crippen LogP contribution in [0.15, 0.2) is 41.3 Å². The molecule has 3 rings (SSSR count). The number of aryl methyl sites for hydroxylation is 1. The Kier molecular flexibility index (Phi) is 3.56. The molecule has 1 aromatic heterocycles. The van der Waals surface area contributed by atoms with Gasteiger partial charge in [0.05, 0.1) is 16.7 Å². The number of nitrogens with zero attached hydrogens (tertiary/aromatic N) is 1. The molecular formula is C16H18N2O3S. The van der Waals surface area contributed by atoms with Crippen molar-refractivity contribution >= 4 is 15.7 Å². The Balaban J connectivity index is 1.91. The zero-order valence-electron chi connectivity index (χ0n) is 12.5. The van der Waals surface area contributed by atoms with Gasteiger partial charge in [-0.05, 0) is 37.1 Å². The Labute approximate surface area is 129 Å². The lowest BCUT2D eigenvalue weighted by Crippen LogP contribution is -2.34. The van der Waals surface area contributed by atoms with Crippen molar-refractivity contribution in [2.24, 2.45) is 7.05 Å². The van der Waals surface area contributed by atoms with Gasteiger partial charge in [0.2, 0.25) is 0 Å². The van der Waals surface area contributed by atoms with E-state index in [4.69, 9.17) is 0 Å². The maximum absolute atomic E-state index is 12.4. The molecule has 0 radical (unpaired) electrons. The summed E-state index contributed by atoms with van der Waals surface area (Å²) >= 11 is 0. The first-order valence-electron chi connectivity index (χ1n) is 7.15. The van der Waals surface area contributed by atoms with Gasteiger partial charge in [0.25, 0.3) is 5.91 Å². The number of benzene rings is 1. The van der Waals surface area contributed by atoms with Crippen molar-refractivity contribution in [1.82, 2.24) is 9.88 Å². The summed E-state index contributed by atoms with van der Waals surface area (Å²) in [7, 11) is -1.40. The van der Waals surface area contributed by atoms with Crippen LogP contribution in [0.4, 0.5) is 0 Å². The molecule has 1 unspecified atom stereocenters. The zero-order valence-corrected chi connectivity index (χ0v) is 13.4. The zero-order chi connectivity index (χ0) is 15.9. The van der Waals surface area contributed by atoms with Crippen LogP contribution in [0.2, 0.25) is 0 Å². The van der Waals surface area contributed by atoms with Crippen LogP contribution in [-0.4, -0.2) is 24.6 Å². The summed E-state index contributed by atoms with van der Waals surface area (Å²) in [5, 5.41) is 2.96. The number of rotatable bonds is 2. The Morgan fingerprint density at radius 3 is 2.64 bits per heavy atom. The summed E-state index contributed by atoms with van der Waals surface area (Å²) in [6.45, 7) is 1.93. The molecule has 0 saturated carbocycles. The molecule has 5 nitrogen and oxygen atoms in total. The van der Waals surface area contributed by atoms with Crippen LogP contribution in [0.3, 0.4) is 0 Å². The number of carbonyl (C=O) groups is 1. The number of amides is 1. The number of aromatic nitrogens is 1. The minimum atomic E-state index is -3.24. The van der Waals surface area contributed by atoms with E-state index in [1.165, 1.54) is 0 Å². The highest BCUT2D eigenvalue weighted by Gasteiger charge is 2.31. The van der Waals surface area contributed by atoms with Gasteiger partial charge in [0, 0.05) is 12.7 Å². The van der Waals surface area contributed by atoms with E-state index in [1.807, 2.05) is 24.6 Å².